The number of hydrogen-bond acceptors (Lipinski definition) is 8. The predicted molar refractivity (Wildman–Crippen MR) is 122 cm³/mol. The van der Waals surface area contributed by atoms with Gasteiger partial charge in [-0.1, -0.05) is 22.0 Å². The fourth-order valence-electron chi connectivity index (χ4n) is 2.88. The van der Waals surface area contributed by atoms with Crippen LogP contribution in [0.25, 0.3) is 0 Å². The molecule has 1 aromatic carbocycles. The van der Waals surface area contributed by atoms with E-state index in [9.17, 15) is 18.9 Å². The van der Waals surface area contributed by atoms with E-state index in [-0.39, 0.29) is 12.4 Å². The van der Waals surface area contributed by atoms with E-state index >= 15 is 0 Å². The van der Waals surface area contributed by atoms with Crippen molar-refractivity contribution in [3.63, 3.8) is 0 Å². The van der Waals surface area contributed by atoms with Crippen molar-refractivity contribution in [3.05, 3.63) is 73.5 Å². The summed E-state index contributed by atoms with van der Waals surface area (Å²) >= 11 is 3.31. The van der Waals surface area contributed by atoms with Gasteiger partial charge in [0.25, 0.3) is 5.56 Å². The van der Waals surface area contributed by atoms with Crippen LogP contribution in [0.15, 0.2) is 56.7 Å². The van der Waals surface area contributed by atoms with E-state index in [1.807, 2.05) is 0 Å². The summed E-state index contributed by atoms with van der Waals surface area (Å²) < 4.78 is 36.9. The van der Waals surface area contributed by atoms with Crippen molar-refractivity contribution < 1.29 is 27.9 Å². The van der Waals surface area contributed by atoms with Crippen LogP contribution in [0.5, 0.6) is 5.75 Å². The number of nitrogens with one attached hydrogen (secondary N) is 2. The summed E-state index contributed by atoms with van der Waals surface area (Å²) in [6.45, 7) is 2.82. The first-order chi connectivity index (χ1) is 15.6. The molecule has 4 atom stereocenters. The number of benzene rings is 1. The largest absolute Gasteiger partial charge is 0.468 e. The predicted octanol–water partition coefficient (Wildman–Crippen LogP) is 2.42. The number of nitrogens with zero attached hydrogens (tertiary/aromatic N) is 1. The van der Waals surface area contributed by atoms with Crippen LogP contribution in [-0.2, 0) is 23.4 Å². The van der Waals surface area contributed by atoms with Gasteiger partial charge in [-0.15, -0.1) is 0 Å². The normalized spacial score (nSPS) is 20.2. The van der Waals surface area contributed by atoms with Crippen molar-refractivity contribution in [1.82, 2.24) is 14.6 Å². The van der Waals surface area contributed by atoms with Crippen molar-refractivity contribution in [3.8, 4) is 5.75 Å². The Labute approximate surface area is 197 Å². The maximum atomic E-state index is 13.4. The van der Waals surface area contributed by atoms with Gasteiger partial charge in [-0.05, 0) is 44.2 Å². The molecule has 1 aromatic heterocycles. The molecule has 2 heterocycles. The van der Waals surface area contributed by atoms with Crippen molar-refractivity contribution >= 4 is 29.6 Å². The molecule has 11 nitrogen and oxygen atoms in total. The molecule has 0 radical (unpaired) electrons. The number of esters is 1. The Kier molecular flexibility index (Phi) is 8.09. The average molecular weight is 544 g/mol. The molecule has 0 saturated heterocycles. The first-order valence-corrected chi connectivity index (χ1v) is 12.1. The molecule has 2 N–H and O–H groups in total. The molecule has 2 aromatic rings. The van der Waals surface area contributed by atoms with Gasteiger partial charge in [-0.3, -0.25) is 23.7 Å². The fourth-order valence-corrected chi connectivity index (χ4v) is 4.65. The Morgan fingerprint density at radius 3 is 2.67 bits per heavy atom. The van der Waals surface area contributed by atoms with Crippen LogP contribution in [0, 0.1) is 6.92 Å². The number of methoxy groups -OCH3 is 1. The standard InChI is InChI=1S/C20H23BrN3O8P/c1-12-10-24(20(27)22-18(12)25)17-9-8-16(31-17)11-30-33(28,23-13(2)19(26)29-3)32-15-6-4-14(21)5-7-15/h4-10,13,16-17H,11H2,1-3H3,(H,23,28)(H,22,25,27)/t13-,16?,17+,33+/m0/s1. The lowest BCUT2D eigenvalue weighted by atomic mass is 10.3. The Hall–Kier alpha value is -2.50. The zero-order chi connectivity index (χ0) is 24.2. The minimum absolute atomic E-state index is 0.210. The van der Waals surface area contributed by atoms with Crippen LogP contribution in [0.1, 0.15) is 18.7 Å². The molecule has 178 valence electrons. The maximum Gasteiger partial charge on any atom is 0.459 e. The van der Waals surface area contributed by atoms with Crippen molar-refractivity contribution in [1.29, 1.82) is 0 Å². The zero-order valence-corrected chi connectivity index (χ0v) is 20.5. The minimum Gasteiger partial charge on any atom is -0.468 e. The zero-order valence-electron chi connectivity index (χ0n) is 18.0. The summed E-state index contributed by atoms with van der Waals surface area (Å²) in [4.78, 5) is 37.7. The molecule has 3 rings (SSSR count). The lowest BCUT2D eigenvalue weighted by molar-refractivity contribution is -0.142. The molecule has 0 spiro atoms. The van der Waals surface area contributed by atoms with Crippen LogP contribution in [0.3, 0.4) is 0 Å². The SMILES string of the molecule is COC(=O)[C@H](C)N[P@@](=O)(OCC1C=C[C@H](n2cc(C)c(=O)[nH]c2=O)O1)Oc1ccc(Br)cc1. The quantitative estimate of drug-likeness (QED) is 0.277. The number of carbonyl (C=O) groups is 1. The number of aromatic amines is 1. The monoisotopic (exact) mass is 543 g/mol. The maximum absolute atomic E-state index is 13.4. The van der Waals surface area contributed by atoms with Gasteiger partial charge in [0.15, 0.2) is 6.23 Å². The minimum atomic E-state index is -4.04. The molecular weight excluding hydrogens is 521 g/mol. The third kappa shape index (κ3) is 6.52. The van der Waals surface area contributed by atoms with E-state index in [2.05, 4.69) is 30.7 Å². The number of halogens is 1. The van der Waals surface area contributed by atoms with Crippen LogP contribution in [-0.4, -0.2) is 41.4 Å². The second kappa shape index (κ2) is 10.6. The Bertz CT molecular complexity index is 1190. The number of ether oxygens (including phenoxy) is 2. The van der Waals surface area contributed by atoms with Gasteiger partial charge in [-0.25, -0.2) is 9.36 Å². The number of hydrogen-bond donors (Lipinski definition) is 2. The second-order valence-corrected chi connectivity index (χ2v) is 9.75. The third-order valence-corrected chi connectivity index (χ3v) is 6.75. The van der Waals surface area contributed by atoms with Gasteiger partial charge in [0.05, 0.1) is 13.7 Å². The van der Waals surface area contributed by atoms with Gasteiger partial charge in [0, 0.05) is 16.2 Å². The molecule has 1 aliphatic rings. The van der Waals surface area contributed by atoms with Crippen molar-refractivity contribution in [2.24, 2.45) is 0 Å². The van der Waals surface area contributed by atoms with Crippen LogP contribution >= 0.6 is 23.7 Å². The van der Waals surface area contributed by atoms with E-state index in [0.717, 1.165) is 4.47 Å². The van der Waals surface area contributed by atoms with E-state index in [0.29, 0.717) is 5.56 Å². The summed E-state index contributed by atoms with van der Waals surface area (Å²) in [5.41, 5.74) is -0.755. The summed E-state index contributed by atoms with van der Waals surface area (Å²) in [5, 5.41) is 2.55. The first-order valence-electron chi connectivity index (χ1n) is 9.81. The van der Waals surface area contributed by atoms with E-state index in [4.69, 9.17) is 13.8 Å². The van der Waals surface area contributed by atoms with Gasteiger partial charge in [-0.2, -0.15) is 5.09 Å². The van der Waals surface area contributed by atoms with Crippen molar-refractivity contribution in [2.45, 2.75) is 32.2 Å². The molecule has 1 aliphatic heterocycles. The van der Waals surface area contributed by atoms with Crippen LogP contribution in [0.2, 0.25) is 0 Å². The lowest BCUT2D eigenvalue weighted by Crippen LogP contribution is -2.35. The molecular formula is C20H23BrN3O8P. The highest BCUT2D eigenvalue weighted by Crippen LogP contribution is 2.45. The summed E-state index contributed by atoms with van der Waals surface area (Å²) in [7, 11) is -2.84. The summed E-state index contributed by atoms with van der Waals surface area (Å²) in [6.07, 6.45) is 3.17. The Morgan fingerprint density at radius 1 is 1.30 bits per heavy atom. The number of aryl methyl sites for hydroxylation is 1. The second-order valence-electron chi connectivity index (χ2n) is 7.14. The molecule has 0 bridgehead atoms. The highest BCUT2D eigenvalue weighted by molar-refractivity contribution is 9.10. The van der Waals surface area contributed by atoms with Gasteiger partial charge in [0.1, 0.15) is 17.9 Å². The third-order valence-electron chi connectivity index (χ3n) is 4.58. The number of aromatic nitrogens is 2. The highest BCUT2D eigenvalue weighted by Gasteiger charge is 2.34. The number of carbonyl (C=O) groups excluding carboxylic acids is 1. The highest BCUT2D eigenvalue weighted by atomic mass is 79.9. The molecule has 13 heteroatoms. The van der Waals surface area contributed by atoms with Gasteiger partial charge in [0.2, 0.25) is 0 Å². The smallest absolute Gasteiger partial charge is 0.459 e. The summed E-state index contributed by atoms with van der Waals surface area (Å²) in [5.74, 6) is -0.398. The fraction of sp³-hybridized carbons (Fsp3) is 0.350. The Balaban J connectivity index is 1.71. The number of rotatable bonds is 9. The Morgan fingerprint density at radius 2 is 2.00 bits per heavy atom. The van der Waals surface area contributed by atoms with Crippen molar-refractivity contribution in [2.75, 3.05) is 13.7 Å². The molecule has 0 aliphatic carbocycles. The van der Waals surface area contributed by atoms with E-state index in [1.165, 1.54) is 24.8 Å². The molecule has 0 fully saturated rings. The van der Waals surface area contributed by atoms with Crippen LogP contribution < -0.4 is 20.9 Å². The molecule has 0 saturated carbocycles. The first kappa shape index (κ1) is 25.1. The summed E-state index contributed by atoms with van der Waals surface area (Å²) in [6, 6.07) is 5.57. The molecule has 0 amide bonds. The topological polar surface area (TPSA) is 138 Å². The molecule has 1 unspecified atom stereocenters. The van der Waals surface area contributed by atoms with Crippen LogP contribution in [0.4, 0.5) is 0 Å². The van der Waals surface area contributed by atoms with Gasteiger partial charge < -0.3 is 14.0 Å². The average Bonchev–Trinajstić information content (AvgIpc) is 3.25. The van der Waals surface area contributed by atoms with Gasteiger partial charge >= 0.3 is 19.4 Å². The number of H-pyrrole nitrogens is 1. The lowest BCUT2D eigenvalue weighted by Gasteiger charge is -2.24. The molecule has 33 heavy (non-hydrogen) atoms. The van der Waals surface area contributed by atoms with E-state index < -0.39 is 43.3 Å². The van der Waals surface area contributed by atoms with E-state index in [1.54, 1.807) is 43.3 Å².